The Morgan fingerprint density at radius 3 is 2.12 bits per heavy atom. The second-order valence-electron chi connectivity index (χ2n) is 6.13. The van der Waals surface area contributed by atoms with E-state index in [2.05, 4.69) is 5.32 Å². The molecule has 0 aliphatic rings. The number of hydrogen-bond donors (Lipinski definition) is 1. The van der Waals surface area contributed by atoms with Crippen molar-refractivity contribution in [3.05, 3.63) is 58.1 Å². The van der Waals surface area contributed by atoms with Gasteiger partial charge < -0.3 is 14.8 Å². The lowest BCUT2D eigenvalue weighted by molar-refractivity contribution is -0.127. The van der Waals surface area contributed by atoms with Crippen molar-refractivity contribution >= 4 is 17.5 Å². The second-order valence-corrected chi connectivity index (χ2v) is 6.51. The Kier molecular flexibility index (Phi) is 6.32. The van der Waals surface area contributed by atoms with E-state index in [4.69, 9.17) is 21.1 Å². The summed E-state index contributed by atoms with van der Waals surface area (Å²) in [6.45, 7) is 7.50. The van der Waals surface area contributed by atoms with Crippen molar-refractivity contribution in [1.29, 1.82) is 0 Å². The Morgan fingerprint density at radius 2 is 1.60 bits per heavy atom. The Hall–Kier alpha value is -2.20. The van der Waals surface area contributed by atoms with E-state index in [0.717, 1.165) is 27.5 Å². The molecule has 2 rings (SSSR count). The Morgan fingerprint density at radius 1 is 1.04 bits per heavy atom. The highest BCUT2D eigenvalue weighted by molar-refractivity contribution is 6.32. The number of methoxy groups -OCH3 is 1. The van der Waals surface area contributed by atoms with Crippen molar-refractivity contribution in [2.45, 2.75) is 39.8 Å². The van der Waals surface area contributed by atoms with Crippen LogP contribution in [0, 0.1) is 13.8 Å². The van der Waals surface area contributed by atoms with Crippen molar-refractivity contribution in [1.82, 2.24) is 5.32 Å². The molecule has 4 nitrogen and oxygen atoms in total. The summed E-state index contributed by atoms with van der Waals surface area (Å²) in [6, 6.07) is 11.2. The highest BCUT2D eigenvalue weighted by Crippen LogP contribution is 2.26. The third-order valence-electron chi connectivity index (χ3n) is 4.07. The van der Waals surface area contributed by atoms with E-state index in [1.54, 1.807) is 14.0 Å². The number of aryl methyl sites for hydroxylation is 2. The van der Waals surface area contributed by atoms with E-state index in [1.807, 2.05) is 57.2 Å². The van der Waals surface area contributed by atoms with Crippen LogP contribution in [0.15, 0.2) is 36.4 Å². The number of benzene rings is 2. The van der Waals surface area contributed by atoms with Crippen LogP contribution in [0.1, 0.15) is 36.6 Å². The van der Waals surface area contributed by atoms with Gasteiger partial charge in [0.2, 0.25) is 0 Å². The first-order chi connectivity index (χ1) is 11.8. The van der Waals surface area contributed by atoms with Gasteiger partial charge in [-0.1, -0.05) is 23.7 Å². The van der Waals surface area contributed by atoms with Gasteiger partial charge >= 0.3 is 0 Å². The van der Waals surface area contributed by atoms with Gasteiger partial charge in [0, 0.05) is 5.02 Å². The molecule has 1 N–H and O–H groups in total. The minimum Gasteiger partial charge on any atom is -0.497 e. The maximum atomic E-state index is 12.4. The summed E-state index contributed by atoms with van der Waals surface area (Å²) in [5, 5.41) is 3.68. The topological polar surface area (TPSA) is 47.6 Å². The molecule has 134 valence electrons. The van der Waals surface area contributed by atoms with Gasteiger partial charge in [-0.25, -0.2) is 0 Å². The van der Waals surface area contributed by atoms with Crippen LogP contribution in [0.5, 0.6) is 11.5 Å². The normalized spacial score (nSPS) is 13.0. The zero-order valence-electron chi connectivity index (χ0n) is 15.2. The minimum absolute atomic E-state index is 0.127. The van der Waals surface area contributed by atoms with E-state index >= 15 is 0 Å². The summed E-state index contributed by atoms with van der Waals surface area (Å²) < 4.78 is 10.9. The van der Waals surface area contributed by atoms with Crippen molar-refractivity contribution in [3.8, 4) is 11.5 Å². The zero-order chi connectivity index (χ0) is 18.6. The Labute approximate surface area is 154 Å². The maximum absolute atomic E-state index is 12.4. The summed E-state index contributed by atoms with van der Waals surface area (Å²) >= 11 is 6.16. The molecule has 0 unspecified atom stereocenters. The van der Waals surface area contributed by atoms with Crippen molar-refractivity contribution in [2.24, 2.45) is 0 Å². The number of hydrogen-bond acceptors (Lipinski definition) is 3. The number of amides is 1. The van der Waals surface area contributed by atoms with Gasteiger partial charge in [-0.15, -0.1) is 0 Å². The average Bonchev–Trinajstić information content (AvgIpc) is 2.59. The minimum atomic E-state index is -0.610. The number of ether oxygens (including phenoxy) is 2. The van der Waals surface area contributed by atoms with E-state index in [-0.39, 0.29) is 11.9 Å². The molecule has 0 saturated carbocycles. The summed E-state index contributed by atoms with van der Waals surface area (Å²) in [5.41, 5.74) is 2.85. The van der Waals surface area contributed by atoms with Crippen LogP contribution >= 0.6 is 11.6 Å². The van der Waals surface area contributed by atoms with Crippen molar-refractivity contribution in [3.63, 3.8) is 0 Å². The van der Waals surface area contributed by atoms with Crippen LogP contribution in [0.3, 0.4) is 0 Å². The maximum Gasteiger partial charge on any atom is 0.261 e. The monoisotopic (exact) mass is 361 g/mol. The second kappa shape index (κ2) is 8.26. The first kappa shape index (κ1) is 19.1. The van der Waals surface area contributed by atoms with E-state index in [9.17, 15) is 4.79 Å². The molecule has 1 amide bonds. The first-order valence-corrected chi connectivity index (χ1v) is 8.57. The molecule has 2 aromatic carbocycles. The quantitative estimate of drug-likeness (QED) is 0.817. The molecule has 0 heterocycles. The fourth-order valence-electron chi connectivity index (χ4n) is 2.54. The van der Waals surface area contributed by atoms with Gasteiger partial charge in [0.05, 0.1) is 13.2 Å². The smallest absolute Gasteiger partial charge is 0.261 e. The molecule has 2 atom stereocenters. The van der Waals surface area contributed by atoms with Gasteiger partial charge in [0.25, 0.3) is 5.91 Å². The van der Waals surface area contributed by atoms with Gasteiger partial charge in [0.15, 0.2) is 6.10 Å². The number of rotatable bonds is 6. The van der Waals surface area contributed by atoms with E-state index < -0.39 is 6.10 Å². The standard InChI is InChI=1S/C20H24ClNO3/c1-12-10-18(11-13(2)19(12)21)25-15(4)20(23)22-14(3)16-6-8-17(24-5)9-7-16/h6-11,14-15H,1-5H3,(H,22,23)/t14-,15-/m1/s1. The van der Waals surface area contributed by atoms with Gasteiger partial charge in [-0.3, -0.25) is 4.79 Å². The van der Waals surface area contributed by atoms with E-state index in [0.29, 0.717) is 5.75 Å². The van der Waals surface area contributed by atoms with Gasteiger partial charge in [-0.2, -0.15) is 0 Å². The molecular weight excluding hydrogens is 338 g/mol. The number of nitrogens with one attached hydrogen (secondary N) is 1. The molecule has 0 aliphatic heterocycles. The lowest BCUT2D eigenvalue weighted by Crippen LogP contribution is -2.37. The number of halogens is 1. The molecule has 0 fully saturated rings. The van der Waals surface area contributed by atoms with Crippen LogP contribution in [0.4, 0.5) is 0 Å². The van der Waals surface area contributed by atoms with Crippen LogP contribution < -0.4 is 14.8 Å². The van der Waals surface area contributed by atoms with Crippen LogP contribution in [0.25, 0.3) is 0 Å². The molecule has 0 aromatic heterocycles. The SMILES string of the molecule is COc1ccc([C@@H](C)NC(=O)[C@@H](C)Oc2cc(C)c(Cl)c(C)c2)cc1. The average molecular weight is 362 g/mol. The highest BCUT2D eigenvalue weighted by Gasteiger charge is 2.18. The number of carbonyl (C=O) groups excluding carboxylic acids is 1. The predicted molar refractivity (Wildman–Crippen MR) is 101 cm³/mol. The summed E-state index contributed by atoms with van der Waals surface area (Å²) in [7, 11) is 1.62. The summed E-state index contributed by atoms with van der Waals surface area (Å²) in [5.74, 6) is 1.25. The highest BCUT2D eigenvalue weighted by atomic mass is 35.5. The lowest BCUT2D eigenvalue weighted by Gasteiger charge is -2.20. The molecule has 0 saturated heterocycles. The third kappa shape index (κ3) is 4.89. The molecule has 25 heavy (non-hydrogen) atoms. The van der Waals surface area contributed by atoms with E-state index in [1.165, 1.54) is 0 Å². The van der Waals surface area contributed by atoms with Crippen molar-refractivity contribution in [2.75, 3.05) is 7.11 Å². The molecule has 0 radical (unpaired) electrons. The molecule has 2 aromatic rings. The van der Waals surface area contributed by atoms with Crippen LogP contribution in [-0.4, -0.2) is 19.1 Å². The van der Waals surface area contributed by atoms with Gasteiger partial charge in [-0.05, 0) is 68.7 Å². The summed E-state index contributed by atoms with van der Waals surface area (Å²) in [6.07, 6.45) is -0.610. The van der Waals surface area contributed by atoms with Crippen molar-refractivity contribution < 1.29 is 14.3 Å². The number of carbonyl (C=O) groups is 1. The lowest BCUT2D eigenvalue weighted by atomic mass is 10.1. The zero-order valence-corrected chi connectivity index (χ0v) is 16.0. The molecular formula is C20H24ClNO3. The third-order valence-corrected chi connectivity index (χ3v) is 4.66. The Balaban J connectivity index is 1.99. The molecule has 5 heteroatoms. The van der Waals surface area contributed by atoms with Crippen LogP contribution in [-0.2, 0) is 4.79 Å². The van der Waals surface area contributed by atoms with Crippen LogP contribution in [0.2, 0.25) is 5.02 Å². The largest absolute Gasteiger partial charge is 0.497 e. The van der Waals surface area contributed by atoms with Gasteiger partial charge in [0.1, 0.15) is 11.5 Å². The fourth-order valence-corrected chi connectivity index (χ4v) is 2.65. The predicted octanol–water partition coefficient (Wildman–Crippen LogP) is 4.61. The molecule has 0 spiro atoms. The fraction of sp³-hybridized carbons (Fsp3) is 0.350. The summed E-state index contributed by atoms with van der Waals surface area (Å²) in [4.78, 5) is 12.4. The molecule has 0 bridgehead atoms. The first-order valence-electron chi connectivity index (χ1n) is 8.19. The molecule has 0 aliphatic carbocycles. The Bertz CT molecular complexity index is 720.